The molecular formula is C13H16F3N3O3. The van der Waals surface area contributed by atoms with Crippen molar-refractivity contribution in [3.63, 3.8) is 0 Å². The summed E-state index contributed by atoms with van der Waals surface area (Å²) in [6, 6.07) is 0. The number of nitrogens with zero attached hydrogens (tertiary/aromatic N) is 3. The van der Waals surface area contributed by atoms with Gasteiger partial charge in [0.05, 0.1) is 12.0 Å². The van der Waals surface area contributed by atoms with Crippen molar-refractivity contribution >= 4 is 11.9 Å². The lowest BCUT2D eigenvalue weighted by Crippen LogP contribution is -2.36. The Bertz CT molecular complexity index is 530. The topological polar surface area (TPSA) is 83.4 Å². The second-order valence-electron chi connectivity index (χ2n) is 5.08. The van der Waals surface area contributed by atoms with E-state index in [0.717, 1.165) is 12.4 Å². The largest absolute Gasteiger partial charge is 0.481 e. The van der Waals surface area contributed by atoms with Crippen molar-refractivity contribution in [1.82, 2.24) is 14.9 Å². The van der Waals surface area contributed by atoms with Gasteiger partial charge in [-0.05, 0) is 5.92 Å². The van der Waals surface area contributed by atoms with Gasteiger partial charge in [-0.15, -0.1) is 0 Å². The molecule has 0 aliphatic rings. The molecule has 1 N–H and O–H groups in total. The number of hydrogen-bond acceptors (Lipinski definition) is 4. The molecule has 22 heavy (non-hydrogen) atoms. The number of aliphatic carboxylic acids is 1. The first-order chi connectivity index (χ1) is 10.1. The molecular weight excluding hydrogens is 303 g/mol. The van der Waals surface area contributed by atoms with Gasteiger partial charge >= 0.3 is 12.1 Å². The molecule has 1 aromatic heterocycles. The molecule has 122 valence electrons. The van der Waals surface area contributed by atoms with E-state index in [0.29, 0.717) is 0 Å². The Labute approximate surface area is 125 Å². The third-order valence-electron chi connectivity index (χ3n) is 2.62. The summed E-state index contributed by atoms with van der Waals surface area (Å²) in [7, 11) is 0. The average molecular weight is 319 g/mol. The van der Waals surface area contributed by atoms with Crippen LogP contribution >= 0.6 is 0 Å². The van der Waals surface area contributed by atoms with Crippen LogP contribution in [0.5, 0.6) is 0 Å². The summed E-state index contributed by atoms with van der Waals surface area (Å²) >= 11 is 0. The molecule has 0 aromatic carbocycles. The lowest BCUT2D eigenvalue weighted by atomic mass is 10.2. The molecule has 0 atom stereocenters. The van der Waals surface area contributed by atoms with Crippen LogP contribution in [0.4, 0.5) is 13.2 Å². The van der Waals surface area contributed by atoms with E-state index < -0.39 is 23.9 Å². The highest BCUT2D eigenvalue weighted by atomic mass is 19.4. The van der Waals surface area contributed by atoms with Crippen LogP contribution in [0.15, 0.2) is 12.4 Å². The highest BCUT2D eigenvalue weighted by molar-refractivity contribution is 5.93. The summed E-state index contributed by atoms with van der Waals surface area (Å²) in [6.45, 7) is 3.93. The zero-order valence-electron chi connectivity index (χ0n) is 12.1. The van der Waals surface area contributed by atoms with Gasteiger partial charge in [-0.3, -0.25) is 9.59 Å². The van der Waals surface area contributed by atoms with E-state index in [1.807, 2.05) is 13.8 Å². The number of carbonyl (C=O) groups excluding carboxylic acids is 1. The fourth-order valence-corrected chi connectivity index (χ4v) is 1.71. The molecule has 0 fully saturated rings. The second kappa shape index (κ2) is 7.19. The van der Waals surface area contributed by atoms with Gasteiger partial charge in [-0.2, -0.15) is 13.2 Å². The van der Waals surface area contributed by atoms with Crippen LogP contribution in [0.2, 0.25) is 0 Å². The normalized spacial score (nSPS) is 11.5. The molecule has 6 nitrogen and oxygen atoms in total. The maximum atomic E-state index is 12.4. The van der Waals surface area contributed by atoms with E-state index in [1.165, 1.54) is 4.90 Å². The molecule has 1 aromatic rings. The van der Waals surface area contributed by atoms with E-state index in [-0.39, 0.29) is 31.0 Å². The lowest BCUT2D eigenvalue weighted by molar-refractivity contribution is -0.145. The van der Waals surface area contributed by atoms with Crippen molar-refractivity contribution in [2.45, 2.75) is 26.4 Å². The molecule has 1 rings (SSSR count). The monoisotopic (exact) mass is 319 g/mol. The molecule has 1 amide bonds. The summed E-state index contributed by atoms with van der Waals surface area (Å²) in [6.07, 6.45) is -3.33. The third kappa shape index (κ3) is 5.30. The summed E-state index contributed by atoms with van der Waals surface area (Å²) in [5.74, 6) is -2.91. The quantitative estimate of drug-likeness (QED) is 0.868. The van der Waals surface area contributed by atoms with Gasteiger partial charge in [0.1, 0.15) is 0 Å². The molecule has 0 bridgehead atoms. The minimum Gasteiger partial charge on any atom is -0.481 e. The number of carbonyl (C=O) groups is 2. The maximum absolute atomic E-state index is 12.4. The molecule has 0 aliphatic heterocycles. The zero-order chi connectivity index (χ0) is 16.9. The average Bonchev–Trinajstić information content (AvgIpc) is 2.41. The Hall–Kier alpha value is -2.19. The summed E-state index contributed by atoms with van der Waals surface area (Å²) in [5, 5.41) is 8.69. The third-order valence-corrected chi connectivity index (χ3v) is 2.62. The molecule has 1 heterocycles. The lowest BCUT2D eigenvalue weighted by Gasteiger charge is -2.23. The molecule has 9 heteroatoms. The number of aromatic nitrogens is 2. The van der Waals surface area contributed by atoms with Gasteiger partial charge in [0, 0.05) is 25.5 Å². The van der Waals surface area contributed by atoms with Gasteiger partial charge in [-0.25, -0.2) is 9.97 Å². The van der Waals surface area contributed by atoms with Crippen molar-refractivity contribution < 1.29 is 27.9 Å². The van der Waals surface area contributed by atoms with E-state index in [2.05, 4.69) is 9.97 Å². The molecule has 0 saturated heterocycles. The van der Waals surface area contributed by atoms with Crippen LogP contribution in [-0.2, 0) is 11.0 Å². The molecule has 0 saturated carbocycles. The van der Waals surface area contributed by atoms with Crippen LogP contribution < -0.4 is 0 Å². The van der Waals surface area contributed by atoms with Crippen molar-refractivity contribution in [1.29, 1.82) is 0 Å². The summed E-state index contributed by atoms with van der Waals surface area (Å²) < 4.78 is 37.1. The van der Waals surface area contributed by atoms with Crippen LogP contribution in [0.25, 0.3) is 0 Å². The van der Waals surface area contributed by atoms with Gasteiger partial charge in [0.15, 0.2) is 0 Å². The predicted octanol–water partition coefficient (Wildman–Crippen LogP) is 2.07. The number of halogens is 3. The van der Waals surface area contributed by atoms with Crippen LogP contribution in [0.3, 0.4) is 0 Å². The first-order valence-electron chi connectivity index (χ1n) is 6.51. The van der Waals surface area contributed by atoms with Crippen LogP contribution in [0.1, 0.15) is 36.5 Å². The molecule has 0 spiro atoms. The van der Waals surface area contributed by atoms with Crippen molar-refractivity contribution in [3.05, 3.63) is 23.8 Å². The van der Waals surface area contributed by atoms with E-state index in [1.54, 1.807) is 0 Å². The standard InChI is InChI=1S/C13H16F3N3O3/c1-8(2)7-19(4-3-10(20)21)11(22)9-5-17-12(18-6-9)13(14,15)16/h5-6,8H,3-4,7H2,1-2H3,(H,20,21). The van der Waals surface area contributed by atoms with Gasteiger partial charge in [0.2, 0.25) is 5.82 Å². The van der Waals surface area contributed by atoms with Crippen LogP contribution in [-0.4, -0.2) is 44.9 Å². The Balaban J connectivity index is 2.90. The fraction of sp³-hybridized carbons (Fsp3) is 0.538. The number of amides is 1. The molecule has 0 unspecified atom stereocenters. The first kappa shape index (κ1) is 17.9. The SMILES string of the molecule is CC(C)CN(CCC(=O)O)C(=O)c1cnc(C(F)(F)F)nc1. The Morgan fingerprint density at radius 1 is 1.27 bits per heavy atom. The first-order valence-corrected chi connectivity index (χ1v) is 6.51. The Morgan fingerprint density at radius 3 is 2.23 bits per heavy atom. The molecule has 0 radical (unpaired) electrons. The zero-order valence-corrected chi connectivity index (χ0v) is 12.1. The minimum absolute atomic E-state index is 0.0344. The van der Waals surface area contributed by atoms with Crippen molar-refractivity contribution in [2.75, 3.05) is 13.1 Å². The van der Waals surface area contributed by atoms with E-state index in [9.17, 15) is 22.8 Å². The molecule has 0 aliphatic carbocycles. The van der Waals surface area contributed by atoms with Crippen molar-refractivity contribution in [2.24, 2.45) is 5.92 Å². The van der Waals surface area contributed by atoms with Crippen molar-refractivity contribution in [3.8, 4) is 0 Å². The summed E-state index contributed by atoms with van der Waals surface area (Å²) in [4.78, 5) is 30.4. The van der Waals surface area contributed by atoms with Gasteiger partial charge in [-0.1, -0.05) is 13.8 Å². The Morgan fingerprint density at radius 2 is 1.82 bits per heavy atom. The maximum Gasteiger partial charge on any atom is 0.451 e. The fourth-order valence-electron chi connectivity index (χ4n) is 1.71. The van der Waals surface area contributed by atoms with Crippen LogP contribution in [0, 0.1) is 5.92 Å². The summed E-state index contributed by atoms with van der Waals surface area (Å²) in [5.41, 5.74) is -0.112. The second-order valence-corrected chi connectivity index (χ2v) is 5.08. The van der Waals surface area contributed by atoms with E-state index >= 15 is 0 Å². The van der Waals surface area contributed by atoms with Gasteiger partial charge in [0.25, 0.3) is 5.91 Å². The van der Waals surface area contributed by atoms with Gasteiger partial charge < -0.3 is 10.0 Å². The number of carboxylic acids is 1. The predicted molar refractivity (Wildman–Crippen MR) is 70.0 cm³/mol. The number of rotatable bonds is 6. The smallest absolute Gasteiger partial charge is 0.451 e. The highest BCUT2D eigenvalue weighted by Crippen LogP contribution is 2.25. The Kier molecular flexibility index (Phi) is 5.84. The highest BCUT2D eigenvalue weighted by Gasteiger charge is 2.34. The van der Waals surface area contributed by atoms with E-state index in [4.69, 9.17) is 5.11 Å². The number of hydrogen-bond donors (Lipinski definition) is 1. The number of alkyl halides is 3. The number of carboxylic acid groups (broad SMARTS) is 1. The minimum atomic E-state index is -4.68.